The van der Waals surface area contributed by atoms with E-state index >= 15 is 0 Å². The zero-order chi connectivity index (χ0) is 45.7. The summed E-state index contributed by atoms with van der Waals surface area (Å²) in [6.45, 7) is 4.69. The molecule has 3 unspecified atom stereocenters. The van der Waals surface area contributed by atoms with E-state index in [1.807, 2.05) is 27.2 Å². The molecule has 3 N–H and O–H groups in total. The molecule has 8 nitrogen and oxygen atoms in total. The number of amides is 1. The maximum absolute atomic E-state index is 12.9. The molecule has 62 heavy (non-hydrogen) atoms. The van der Waals surface area contributed by atoms with Gasteiger partial charge < -0.3 is 19.8 Å². The summed E-state index contributed by atoms with van der Waals surface area (Å²) in [4.78, 5) is 23.2. The Labute approximate surface area is 383 Å². The van der Waals surface area contributed by atoms with Crippen LogP contribution >= 0.6 is 7.82 Å². The Bertz CT molecular complexity index is 1240. The summed E-state index contributed by atoms with van der Waals surface area (Å²) in [5.74, 6) is -0.184. The van der Waals surface area contributed by atoms with Gasteiger partial charge in [0.25, 0.3) is 0 Å². The van der Waals surface area contributed by atoms with Crippen molar-refractivity contribution in [2.24, 2.45) is 0 Å². The third-order valence-electron chi connectivity index (χ3n) is 10.9. The number of phosphoric acid groups is 1. The molecular weight excluding hydrogens is 792 g/mol. The van der Waals surface area contributed by atoms with Gasteiger partial charge in [0.1, 0.15) is 13.2 Å². The molecule has 0 aromatic rings. The van der Waals surface area contributed by atoms with E-state index in [0.717, 1.165) is 70.6 Å². The van der Waals surface area contributed by atoms with Crippen molar-refractivity contribution < 1.29 is 32.9 Å². The predicted octanol–water partition coefficient (Wildman–Crippen LogP) is 14.8. The summed E-state index contributed by atoms with van der Waals surface area (Å²) in [7, 11) is 1.56. The highest BCUT2D eigenvalue weighted by Crippen LogP contribution is 2.43. The van der Waals surface area contributed by atoms with Crippen molar-refractivity contribution in [2.75, 3.05) is 40.9 Å². The van der Waals surface area contributed by atoms with Gasteiger partial charge in [0.2, 0.25) is 5.91 Å². The molecule has 0 saturated carbocycles. The van der Waals surface area contributed by atoms with E-state index in [1.165, 1.54) is 116 Å². The minimum Gasteiger partial charge on any atom is -0.387 e. The largest absolute Gasteiger partial charge is 0.472 e. The second-order valence-corrected chi connectivity index (χ2v) is 19.6. The molecule has 0 fully saturated rings. The minimum absolute atomic E-state index is 0.0582. The number of carbonyl (C=O) groups is 1. The number of aliphatic hydroxyl groups excluding tert-OH is 1. The minimum atomic E-state index is -4.34. The van der Waals surface area contributed by atoms with Gasteiger partial charge in [0.05, 0.1) is 39.9 Å². The molecule has 0 saturated heterocycles. The van der Waals surface area contributed by atoms with Crippen molar-refractivity contribution in [1.82, 2.24) is 5.32 Å². The topological polar surface area (TPSA) is 105 Å². The summed E-state index contributed by atoms with van der Waals surface area (Å²) in [5, 5.41) is 13.9. The molecule has 0 aliphatic carbocycles. The van der Waals surface area contributed by atoms with Crippen LogP contribution in [0.15, 0.2) is 72.9 Å². The van der Waals surface area contributed by atoms with Gasteiger partial charge in [0.15, 0.2) is 0 Å². The zero-order valence-electron chi connectivity index (χ0n) is 40.8. The Hall–Kier alpha value is -2.06. The lowest BCUT2D eigenvalue weighted by Gasteiger charge is -2.25. The Balaban J connectivity index is 4.23. The standard InChI is InChI=1S/C53H97N2O6P/c1-6-8-10-12-14-16-18-20-21-22-23-24-25-26-27-28-29-30-31-32-33-35-37-39-41-43-45-47-53(57)54-51(50-61-62(58,59)60-49-48-55(3,4)5)52(56)46-44-42-40-38-36-34-19-17-15-13-11-9-7-2/h8,10,14,16,20-21,23-24,26-27,44,46,51-52,56H,6-7,9,11-13,15,17-19,22,25,28-43,45,47-50H2,1-5H3,(H-,54,57,58,59)/p+1/b10-8-,16-14-,21-20-,24-23-,27-26-,46-44+. The van der Waals surface area contributed by atoms with Gasteiger partial charge in [-0.05, 0) is 64.2 Å². The Kier molecular flexibility index (Phi) is 42.7. The second-order valence-electron chi connectivity index (χ2n) is 18.2. The Morgan fingerprint density at radius 1 is 0.565 bits per heavy atom. The number of hydrogen-bond donors (Lipinski definition) is 3. The third-order valence-corrected chi connectivity index (χ3v) is 11.9. The van der Waals surface area contributed by atoms with Crippen molar-refractivity contribution in [1.29, 1.82) is 0 Å². The van der Waals surface area contributed by atoms with E-state index in [-0.39, 0.29) is 19.1 Å². The van der Waals surface area contributed by atoms with E-state index in [4.69, 9.17) is 9.05 Å². The first kappa shape index (κ1) is 59.9. The Morgan fingerprint density at radius 2 is 0.968 bits per heavy atom. The molecule has 9 heteroatoms. The highest BCUT2D eigenvalue weighted by molar-refractivity contribution is 7.47. The SMILES string of the molecule is CC/C=C\C/C=C\C/C=C\C/C=C\C/C=C\CCCCCCCCCCCCCC(=O)NC(COP(=O)(O)OCC[N+](C)(C)C)C(O)/C=C/CCCCCCCCCCCCC. The van der Waals surface area contributed by atoms with Gasteiger partial charge in [-0.2, -0.15) is 0 Å². The van der Waals surface area contributed by atoms with E-state index in [2.05, 4.69) is 79.9 Å². The molecule has 0 aliphatic heterocycles. The number of aliphatic hydroxyl groups is 1. The maximum atomic E-state index is 12.9. The number of carbonyl (C=O) groups excluding carboxylic acids is 1. The quantitative estimate of drug-likeness (QED) is 0.0243. The van der Waals surface area contributed by atoms with Crippen molar-refractivity contribution in [3.63, 3.8) is 0 Å². The second kappa shape index (κ2) is 44.2. The summed E-state index contributed by atoms with van der Waals surface area (Å²) in [5.41, 5.74) is 0. The number of unbranched alkanes of at least 4 members (excludes halogenated alkanes) is 22. The lowest BCUT2D eigenvalue weighted by molar-refractivity contribution is -0.870. The monoisotopic (exact) mass is 890 g/mol. The summed E-state index contributed by atoms with van der Waals surface area (Å²) < 4.78 is 23.6. The van der Waals surface area contributed by atoms with Crippen LogP contribution in [0.5, 0.6) is 0 Å². The molecule has 0 spiro atoms. The van der Waals surface area contributed by atoms with Gasteiger partial charge in [-0.1, -0.05) is 209 Å². The van der Waals surface area contributed by atoms with E-state index < -0.39 is 20.0 Å². The highest BCUT2D eigenvalue weighted by Gasteiger charge is 2.27. The number of allylic oxidation sites excluding steroid dienone is 11. The average molecular weight is 890 g/mol. The fourth-order valence-corrected chi connectivity index (χ4v) is 7.69. The number of phosphoric ester groups is 1. The van der Waals surface area contributed by atoms with Crippen LogP contribution in [0.25, 0.3) is 0 Å². The number of likely N-dealkylation sites (N-methyl/N-ethyl adjacent to an activating group) is 1. The Morgan fingerprint density at radius 3 is 1.42 bits per heavy atom. The summed E-state index contributed by atoms with van der Waals surface area (Å²) in [6, 6.07) is -0.850. The maximum Gasteiger partial charge on any atom is 0.472 e. The van der Waals surface area contributed by atoms with Gasteiger partial charge in [-0.3, -0.25) is 13.8 Å². The van der Waals surface area contributed by atoms with Gasteiger partial charge in [-0.25, -0.2) is 4.57 Å². The van der Waals surface area contributed by atoms with Gasteiger partial charge >= 0.3 is 7.82 Å². The lowest BCUT2D eigenvalue weighted by Crippen LogP contribution is -2.45. The normalized spacial score (nSPS) is 14.8. The number of hydrogen-bond acceptors (Lipinski definition) is 5. The molecule has 0 aromatic heterocycles. The van der Waals surface area contributed by atoms with Crippen molar-refractivity contribution in [2.45, 2.75) is 219 Å². The number of nitrogens with zero attached hydrogens (tertiary/aromatic N) is 1. The number of rotatable bonds is 45. The lowest BCUT2D eigenvalue weighted by atomic mass is 10.0. The van der Waals surface area contributed by atoms with Crippen LogP contribution in [0.4, 0.5) is 0 Å². The summed E-state index contributed by atoms with van der Waals surface area (Å²) in [6.07, 6.45) is 59.8. The molecule has 0 radical (unpaired) electrons. The van der Waals surface area contributed by atoms with Crippen LogP contribution in [-0.4, -0.2) is 73.4 Å². The molecule has 360 valence electrons. The third kappa shape index (κ3) is 45.9. The van der Waals surface area contributed by atoms with Gasteiger partial charge in [-0.15, -0.1) is 0 Å². The molecule has 0 aliphatic rings. The molecule has 0 heterocycles. The average Bonchev–Trinajstić information content (AvgIpc) is 3.23. The van der Waals surface area contributed by atoms with E-state index in [9.17, 15) is 19.4 Å². The van der Waals surface area contributed by atoms with Gasteiger partial charge in [0, 0.05) is 6.42 Å². The fourth-order valence-electron chi connectivity index (χ4n) is 6.95. The zero-order valence-corrected chi connectivity index (χ0v) is 41.7. The molecule has 0 rings (SSSR count). The van der Waals surface area contributed by atoms with Crippen molar-refractivity contribution >= 4 is 13.7 Å². The van der Waals surface area contributed by atoms with E-state index in [0.29, 0.717) is 17.4 Å². The number of quaternary nitrogens is 1. The molecule has 0 aromatic carbocycles. The molecule has 0 bridgehead atoms. The predicted molar refractivity (Wildman–Crippen MR) is 267 cm³/mol. The first-order valence-corrected chi connectivity index (χ1v) is 26.8. The first-order valence-electron chi connectivity index (χ1n) is 25.3. The van der Waals surface area contributed by atoms with Crippen LogP contribution in [-0.2, 0) is 18.4 Å². The van der Waals surface area contributed by atoms with Crippen molar-refractivity contribution in [3.05, 3.63) is 72.9 Å². The smallest absolute Gasteiger partial charge is 0.387 e. The van der Waals surface area contributed by atoms with Crippen LogP contribution in [0.3, 0.4) is 0 Å². The molecular formula is C53H98N2O6P+. The van der Waals surface area contributed by atoms with Crippen LogP contribution < -0.4 is 5.32 Å². The summed E-state index contributed by atoms with van der Waals surface area (Å²) >= 11 is 0. The molecule has 1 amide bonds. The van der Waals surface area contributed by atoms with Crippen LogP contribution in [0.2, 0.25) is 0 Å². The molecule has 3 atom stereocenters. The number of nitrogens with one attached hydrogen (secondary N) is 1. The first-order chi connectivity index (χ1) is 30.0. The van der Waals surface area contributed by atoms with Crippen LogP contribution in [0, 0.1) is 0 Å². The fraction of sp³-hybridized carbons (Fsp3) is 0.755. The van der Waals surface area contributed by atoms with Crippen molar-refractivity contribution in [3.8, 4) is 0 Å². The van der Waals surface area contributed by atoms with Crippen LogP contribution in [0.1, 0.15) is 206 Å². The highest BCUT2D eigenvalue weighted by atomic mass is 31.2. The van der Waals surface area contributed by atoms with E-state index in [1.54, 1.807) is 6.08 Å².